The number of aryl methyl sites for hydroxylation is 1. The number of nitrogens with zero attached hydrogens (tertiary/aromatic N) is 2. The van der Waals surface area contributed by atoms with Crippen LogP contribution in [0.3, 0.4) is 0 Å². The van der Waals surface area contributed by atoms with Gasteiger partial charge in [-0.2, -0.15) is 0 Å². The van der Waals surface area contributed by atoms with E-state index in [2.05, 4.69) is 22.8 Å². The van der Waals surface area contributed by atoms with Gasteiger partial charge in [-0.3, -0.25) is 5.32 Å². The number of nitrogens with one attached hydrogen (secondary N) is 2. The zero-order chi connectivity index (χ0) is 24.4. The topological polar surface area (TPSA) is 77.4 Å². The van der Waals surface area contributed by atoms with E-state index in [0.717, 1.165) is 40.8 Å². The molecule has 1 aromatic heterocycles. The summed E-state index contributed by atoms with van der Waals surface area (Å²) in [6, 6.07) is 15.7. The number of para-hydroxylation sites is 1. The summed E-state index contributed by atoms with van der Waals surface area (Å²) in [7, 11) is 1.68. The minimum Gasteiger partial charge on any atom is -0.473 e. The van der Waals surface area contributed by atoms with E-state index < -0.39 is 0 Å². The molecule has 2 aliphatic rings. The zero-order valence-corrected chi connectivity index (χ0v) is 20.8. The van der Waals surface area contributed by atoms with Crippen LogP contribution in [0.25, 0.3) is 5.69 Å². The van der Waals surface area contributed by atoms with Gasteiger partial charge < -0.3 is 14.8 Å². The number of hydrogen-bond acceptors (Lipinski definition) is 4. The SMILES string of the molecule is COCc1ccc(C)c(CNC(=O)Nc2c(C)c(OC3CC4(CCC4)C3)nn2-c2ccccc2)c1. The van der Waals surface area contributed by atoms with E-state index in [9.17, 15) is 4.79 Å². The van der Waals surface area contributed by atoms with Gasteiger partial charge in [0.2, 0.25) is 5.88 Å². The minimum absolute atomic E-state index is 0.206. The lowest BCUT2D eigenvalue weighted by Crippen LogP contribution is -2.48. The summed E-state index contributed by atoms with van der Waals surface area (Å²) in [6.07, 6.45) is 6.41. The van der Waals surface area contributed by atoms with Crippen LogP contribution in [0.2, 0.25) is 0 Å². The summed E-state index contributed by atoms with van der Waals surface area (Å²) in [5.74, 6) is 1.21. The minimum atomic E-state index is -0.287. The second-order valence-corrected chi connectivity index (χ2v) is 10.0. The first kappa shape index (κ1) is 23.4. The first-order valence-corrected chi connectivity index (χ1v) is 12.4. The number of aromatic nitrogens is 2. The predicted molar refractivity (Wildman–Crippen MR) is 136 cm³/mol. The molecule has 2 saturated carbocycles. The molecule has 2 fully saturated rings. The standard InChI is InChI=1S/C28H34N4O3/c1-19-10-11-21(18-34-3)14-22(19)17-29-27(33)30-25-20(2)26(31-32(25)23-8-5-4-6-9-23)35-24-15-28(16-24)12-7-13-28/h4-6,8-11,14,24H,7,12-13,15-18H2,1-3H3,(H2,29,30,33). The first-order chi connectivity index (χ1) is 17.0. The van der Waals surface area contributed by atoms with Gasteiger partial charge in [0.05, 0.1) is 17.9 Å². The third-order valence-electron chi connectivity index (χ3n) is 7.49. The van der Waals surface area contributed by atoms with E-state index in [1.54, 1.807) is 11.8 Å². The Labute approximate surface area is 206 Å². The Morgan fingerprint density at radius 3 is 2.60 bits per heavy atom. The highest BCUT2D eigenvalue weighted by Crippen LogP contribution is 2.56. The third-order valence-corrected chi connectivity index (χ3v) is 7.49. The van der Waals surface area contributed by atoms with E-state index in [1.807, 2.05) is 50.2 Å². The Balaban J connectivity index is 1.31. The molecule has 1 heterocycles. The number of carbonyl (C=O) groups is 1. The molecule has 2 amide bonds. The molecular weight excluding hydrogens is 440 g/mol. The van der Waals surface area contributed by atoms with Crippen molar-refractivity contribution in [1.29, 1.82) is 0 Å². The highest BCUT2D eigenvalue weighted by molar-refractivity contribution is 5.89. The van der Waals surface area contributed by atoms with Gasteiger partial charge in [-0.15, -0.1) is 5.10 Å². The molecule has 1 spiro atoms. The van der Waals surface area contributed by atoms with E-state index in [1.165, 1.54) is 19.3 Å². The van der Waals surface area contributed by atoms with Crippen LogP contribution in [-0.4, -0.2) is 29.0 Å². The fourth-order valence-corrected chi connectivity index (χ4v) is 5.22. The van der Waals surface area contributed by atoms with Crippen molar-refractivity contribution >= 4 is 11.8 Å². The van der Waals surface area contributed by atoms with Crippen molar-refractivity contribution in [2.75, 3.05) is 12.4 Å². The number of urea groups is 1. The van der Waals surface area contributed by atoms with Crippen molar-refractivity contribution in [3.8, 4) is 11.6 Å². The molecule has 35 heavy (non-hydrogen) atoms. The quantitative estimate of drug-likeness (QED) is 0.441. The zero-order valence-electron chi connectivity index (χ0n) is 20.8. The molecule has 7 nitrogen and oxygen atoms in total. The molecule has 0 radical (unpaired) electrons. The first-order valence-electron chi connectivity index (χ1n) is 12.4. The van der Waals surface area contributed by atoms with Crippen LogP contribution < -0.4 is 15.4 Å². The fourth-order valence-electron chi connectivity index (χ4n) is 5.22. The highest BCUT2D eigenvalue weighted by Gasteiger charge is 2.49. The number of carbonyl (C=O) groups excluding carboxylic acids is 1. The van der Waals surface area contributed by atoms with Crippen molar-refractivity contribution in [3.05, 3.63) is 70.8 Å². The number of methoxy groups -OCH3 is 1. The maximum atomic E-state index is 12.9. The number of anilines is 1. The Morgan fingerprint density at radius 1 is 1.14 bits per heavy atom. The van der Waals surface area contributed by atoms with Crippen molar-refractivity contribution < 1.29 is 14.3 Å². The maximum absolute atomic E-state index is 12.9. The fraction of sp³-hybridized carbons (Fsp3) is 0.429. The number of ether oxygens (including phenoxy) is 2. The number of amides is 2. The monoisotopic (exact) mass is 474 g/mol. The summed E-state index contributed by atoms with van der Waals surface area (Å²) in [4.78, 5) is 12.9. The summed E-state index contributed by atoms with van der Waals surface area (Å²) < 4.78 is 13.3. The molecule has 2 N–H and O–H groups in total. The smallest absolute Gasteiger partial charge is 0.320 e. The molecule has 7 heteroatoms. The van der Waals surface area contributed by atoms with Gasteiger partial charge in [-0.25, -0.2) is 9.48 Å². The summed E-state index contributed by atoms with van der Waals surface area (Å²) in [5, 5.41) is 10.8. The molecule has 3 aromatic rings. The van der Waals surface area contributed by atoms with Crippen LogP contribution in [0, 0.1) is 19.3 Å². The van der Waals surface area contributed by atoms with Gasteiger partial charge in [-0.1, -0.05) is 42.8 Å². The second kappa shape index (κ2) is 9.74. The lowest BCUT2D eigenvalue weighted by Gasteiger charge is -2.53. The van der Waals surface area contributed by atoms with E-state index in [4.69, 9.17) is 14.6 Å². The molecule has 2 aromatic carbocycles. The van der Waals surface area contributed by atoms with Gasteiger partial charge in [0.15, 0.2) is 0 Å². The van der Waals surface area contributed by atoms with Crippen LogP contribution in [0.5, 0.6) is 5.88 Å². The molecular formula is C28H34N4O3. The lowest BCUT2D eigenvalue weighted by molar-refractivity contribution is -0.0700. The molecule has 0 bridgehead atoms. The number of hydrogen-bond donors (Lipinski definition) is 2. The van der Waals surface area contributed by atoms with E-state index >= 15 is 0 Å². The summed E-state index contributed by atoms with van der Waals surface area (Å²) in [5.41, 5.74) is 5.48. The number of benzene rings is 2. The third kappa shape index (κ3) is 4.91. The van der Waals surface area contributed by atoms with Crippen LogP contribution in [-0.2, 0) is 17.9 Å². The second-order valence-electron chi connectivity index (χ2n) is 10.0. The lowest BCUT2D eigenvalue weighted by atomic mass is 9.55. The van der Waals surface area contributed by atoms with Crippen molar-refractivity contribution in [3.63, 3.8) is 0 Å². The molecule has 0 atom stereocenters. The summed E-state index contributed by atoms with van der Waals surface area (Å²) >= 11 is 0. The highest BCUT2D eigenvalue weighted by atomic mass is 16.5. The molecule has 184 valence electrons. The van der Waals surface area contributed by atoms with Crippen molar-refractivity contribution in [1.82, 2.24) is 15.1 Å². The largest absolute Gasteiger partial charge is 0.473 e. The van der Waals surface area contributed by atoms with Crippen LogP contribution in [0.4, 0.5) is 10.6 Å². The average molecular weight is 475 g/mol. The van der Waals surface area contributed by atoms with Crippen LogP contribution in [0.15, 0.2) is 48.5 Å². The van der Waals surface area contributed by atoms with E-state index in [-0.39, 0.29) is 12.1 Å². The Hall–Kier alpha value is -3.32. The Morgan fingerprint density at radius 2 is 1.91 bits per heavy atom. The van der Waals surface area contributed by atoms with E-state index in [0.29, 0.717) is 30.3 Å². The average Bonchev–Trinajstić information content (AvgIpc) is 3.10. The molecule has 2 aliphatic carbocycles. The van der Waals surface area contributed by atoms with Gasteiger partial charge in [-0.05, 0) is 73.8 Å². The van der Waals surface area contributed by atoms with Gasteiger partial charge in [0.1, 0.15) is 11.9 Å². The normalized spacial score (nSPS) is 16.4. The molecule has 5 rings (SSSR count). The molecule has 0 aliphatic heterocycles. The maximum Gasteiger partial charge on any atom is 0.320 e. The van der Waals surface area contributed by atoms with Crippen LogP contribution >= 0.6 is 0 Å². The Bertz CT molecular complexity index is 1190. The van der Waals surface area contributed by atoms with Crippen molar-refractivity contribution in [2.45, 2.75) is 65.2 Å². The van der Waals surface area contributed by atoms with Crippen molar-refractivity contribution in [2.24, 2.45) is 5.41 Å². The summed E-state index contributed by atoms with van der Waals surface area (Å²) in [6.45, 7) is 4.95. The van der Waals surface area contributed by atoms with Gasteiger partial charge in [0.25, 0.3) is 0 Å². The van der Waals surface area contributed by atoms with Gasteiger partial charge in [0, 0.05) is 13.7 Å². The van der Waals surface area contributed by atoms with Gasteiger partial charge >= 0.3 is 6.03 Å². The molecule has 0 unspecified atom stereocenters. The molecule has 0 saturated heterocycles. The van der Waals surface area contributed by atoms with Crippen LogP contribution in [0.1, 0.15) is 54.4 Å². The predicted octanol–water partition coefficient (Wildman–Crippen LogP) is 5.67. The Kier molecular flexibility index (Phi) is 6.52. The number of rotatable bonds is 8.